The van der Waals surface area contributed by atoms with Crippen LogP contribution in [-0.4, -0.2) is 48.8 Å². The van der Waals surface area contributed by atoms with Gasteiger partial charge in [0.2, 0.25) is 0 Å². The molecule has 0 spiro atoms. The number of nitrogens with one attached hydrogen (secondary N) is 1. The van der Waals surface area contributed by atoms with Crippen LogP contribution in [0.25, 0.3) is 0 Å². The summed E-state index contributed by atoms with van der Waals surface area (Å²) in [5.74, 6) is 1.68. The first kappa shape index (κ1) is 22.4. The Morgan fingerprint density at radius 2 is 1.70 bits per heavy atom. The molecule has 0 atom stereocenters. The molecule has 0 unspecified atom stereocenters. The number of hydrogen-bond acceptors (Lipinski definition) is 6. The molecule has 0 bridgehead atoms. The Hall–Kier alpha value is -2.31. The molecule has 2 aromatic rings. The lowest BCUT2D eigenvalue weighted by Crippen LogP contribution is -2.57. The Balaban J connectivity index is 1.83. The Morgan fingerprint density at radius 3 is 2.27 bits per heavy atom. The molecule has 1 fully saturated rings. The molecule has 2 N–H and O–H groups in total. The molecule has 158 valence electrons. The predicted molar refractivity (Wildman–Crippen MR) is 116 cm³/mol. The fourth-order valence-corrected chi connectivity index (χ4v) is 6.41. The molecule has 1 amide bonds. The van der Waals surface area contributed by atoms with Gasteiger partial charge in [-0.05, 0) is 49.2 Å². The van der Waals surface area contributed by atoms with Gasteiger partial charge in [0.25, 0.3) is 5.91 Å². The minimum absolute atomic E-state index is 0.0700. The SMILES string of the molecule is C#CCCN1CCC(C(=O)NO)(S(=O)(=O)c2ccc(Sc3ccccc3)cc2)CC1. The van der Waals surface area contributed by atoms with Gasteiger partial charge in [-0.1, -0.05) is 30.0 Å². The highest BCUT2D eigenvalue weighted by Gasteiger charge is 2.52. The fraction of sp³-hybridized carbons (Fsp3) is 0.318. The van der Waals surface area contributed by atoms with Crippen molar-refractivity contribution in [2.24, 2.45) is 0 Å². The molecule has 1 saturated heterocycles. The summed E-state index contributed by atoms with van der Waals surface area (Å²) < 4.78 is 25.2. The molecule has 8 heteroatoms. The number of amides is 1. The average molecular weight is 445 g/mol. The van der Waals surface area contributed by atoms with Crippen LogP contribution in [0.4, 0.5) is 0 Å². The number of carbonyl (C=O) groups excluding carboxylic acids is 1. The Morgan fingerprint density at radius 1 is 1.10 bits per heavy atom. The summed E-state index contributed by atoms with van der Waals surface area (Å²) in [6, 6.07) is 16.3. The first-order valence-electron chi connectivity index (χ1n) is 9.61. The molecule has 30 heavy (non-hydrogen) atoms. The maximum absolute atomic E-state index is 13.5. The van der Waals surface area contributed by atoms with Crippen LogP contribution in [0.3, 0.4) is 0 Å². The quantitative estimate of drug-likeness (QED) is 0.388. The third kappa shape index (κ3) is 4.55. The highest BCUT2D eigenvalue weighted by molar-refractivity contribution is 7.99. The molecule has 2 aromatic carbocycles. The zero-order valence-electron chi connectivity index (χ0n) is 16.5. The van der Waals surface area contributed by atoms with Gasteiger partial charge in [0.15, 0.2) is 14.6 Å². The number of terminal acetylenes is 1. The number of piperidine rings is 1. The first-order chi connectivity index (χ1) is 14.4. The summed E-state index contributed by atoms with van der Waals surface area (Å²) in [7, 11) is -4.02. The maximum Gasteiger partial charge on any atom is 0.265 e. The minimum atomic E-state index is -4.02. The standard InChI is InChI=1S/C22H24N2O4S2/c1-2-3-15-24-16-13-22(14-17-24,21(25)23-26)30(27,28)20-11-9-19(10-12-20)29-18-7-5-4-6-8-18/h1,4-12,26H,3,13-17H2,(H,23,25). The smallest absolute Gasteiger partial charge is 0.265 e. The maximum atomic E-state index is 13.5. The molecule has 3 rings (SSSR count). The second-order valence-corrected chi connectivity index (χ2v) is 10.5. The topological polar surface area (TPSA) is 86.7 Å². The number of rotatable bonds is 7. The average Bonchev–Trinajstić information content (AvgIpc) is 2.78. The second kappa shape index (κ2) is 9.67. The van der Waals surface area contributed by atoms with Gasteiger partial charge in [-0.2, -0.15) is 0 Å². The van der Waals surface area contributed by atoms with Crippen LogP contribution in [0.5, 0.6) is 0 Å². The third-order valence-electron chi connectivity index (χ3n) is 5.38. The number of likely N-dealkylation sites (tertiary alicyclic amines) is 1. The van der Waals surface area contributed by atoms with E-state index in [4.69, 9.17) is 6.42 Å². The highest BCUT2D eigenvalue weighted by atomic mass is 32.2. The summed E-state index contributed by atoms with van der Waals surface area (Å²) >= 11 is 1.52. The molecule has 0 saturated carbocycles. The third-order valence-corrected chi connectivity index (χ3v) is 8.91. The summed E-state index contributed by atoms with van der Waals surface area (Å²) in [5.41, 5.74) is 1.58. The van der Waals surface area contributed by atoms with E-state index in [-0.39, 0.29) is 17.7 Å². The lowest BCUT2D eigenvalue weighted by molar-refractivity contribution is -0.133. The van der Waals surface area contributed by atoms with Crippen molar-refractivity contribution < 1.29 is 18.4 Å². The zero-order valence-corrected chi connectivity index (χ0v) is 18.1. The molecule has 1 aliphatic rings. The van der Waals surface area contributed by atoms with Gasteiger partial charge in [-0.15, -0.1) is 12.3 Å². The monoisotopic (exact) mass is 444 g/mol. The molecular formula is C22H24N2O4S2. The molecule has 6 nitrogen and oxygen atoms in total. The van der Waals surface area contributed by atoms with Gasteiger partial charge in [0.05, 0.1) is 4.90 Å². The number of sulfone groups is 1. The zero-order chi connectivity index (χ0) is 21.6. The van der Waals surface area contributed by atoms with Crippen LogP contribution in [0.15, 0.2) is 69.3 Å². The van der Waals surface area contributed by atoms with Crippen LogP contribution >= 0.6 is 11.8 Å². The first-order valence-corrected chi connectivity index (χ1v) is 11.9. The van der Waals surface area contributed by atoms with E-state index in [1.807, 2.05) is 35.2 Å². The van der Waals surface area contributed by atoms with Crippen molar-refractivity contribution in [2.45, 2.75) is 38.7 Å². The Bertz CT molecular complexity index is 1010. The molecule has 0 radical (unpaired) electrons. The summed E-state index contributed by atoms with van der Waals surface area (Å²) in [6.45, 7) is 1.48. The minimum Gasteiger partial charge on any atom is -0.302 e. The number of nitrogens with zero attached hydrogens (tertiary/aromatic N) is 1. The van der Waals surface area contributed by atoms with Gasteiger partial charge in [0.1, 0.15) is 0 Å². The predicted octanol–water partition coefficient (Wildman–Crippen LogP) is 2.97. The van der Waals surface area contributed by atoms with E-state index in [0.717, 1.165) is 9.79 Å². The van der Waals surface area contributed by atoms with E-state index < -0.39 is 20.5 Å². The van der Waals surface area contributed by atoms with Crippen molar-refractivity contribution in [1.29, 1.82) is 0 Å². The van der Waals surface area contributed by atoms with Crippen LogP contribution in [0.2, 0.25) is 0 Å². The number of hydrogen-bond donors (Lipinski definition) is 2. The molecule has 0 aromatic heterocycles. The lowest BCUT2D eigenvalue weighted by Gasteiger charge is -2.39. The van der Waals surface area contributed by atoms with Crippen LogP contribution in [0.1, 0.15) is 19.3 Å². The molecular weight excluding hydrogens is 420 g/mol. The fourth-order valence-electron chi connectivity index (χ4n) is 3.62. The van der Waals surface area contributed by atoms with Gasteiger partial charge >= 0.3 is 0 Å². The highest BCUT2D eigenvalue weighted by Crippen LogP contribution is 2.37. The largest absolute Gasteiger partial charge is 0.302 e. The van der Waals surface area contributed by atoms with E-state index in [1.165, 1.54) is 23.9 Å². The lowest BCUT2D eigenvalue weighted by atomic mass is 9.94. The Labute approximate surface area is 181 Å². The van der Waals surface area contributed by atoms with E-state index in [0.29, 0.717) is 26.1 Å². The number of hydroxylamine groups is 1. The van der Waals surface area contributed by atoms with Crippen LogP contribution < -0.4 is 5.48 Å². The summed E-state index contributed by atoms with van der Waals surface area (Å²) in [6.07, 6.45) is 6.05. The van der Waals surface area contributed by atoms with Gasteiger partial charge in [-0.25, -0.2) is 13.9 Å². The van der Waals surface area contributed by atoms with Crippen molar-refractivity contribution in [3.63, 3.8) is 0 Å². The molecule has 1 heterocycles. The molecule has 1 aliphatic heterocycles. The summed E-state index contributed by atoms with van der Waals surface area (Å²) in [4.78, 5) is 16.6. The molecule has 0 aliphatic carbocycles. The van der Waals surface area contributed by atoms with Crippen LogP contribution in [-0.2, 0) is 14.6 Å². The number of carbonyl (C=O) groups is 1. The van der Waals surface area contributed by atoms with E-state index in [9.17, 15) is 18.4 Å². The van der Waals surface area contributed by atoms with E-state index in [1.54, 1.807) is 17.6 Å². The summed E-state index contributed by atoms with van der Waals surface area (Å²) in [5, 5.41) is 9.27. The van der Waals surface area contributed by atoms with Crippen molar-refractivity contribution in [1.82, 2.24) is 10.4 Å². The number of benzene rings is 2. The van der Waals surface area contributed by atoms with Crippen molar-refractivity contribution in [3.8, 4) is 12.3 Å². The van der Waals surface area contributed by atoms with Crippen molar-refractivity contribution >= 4 is 27.5 Å². The van der Waals surface area contributed by atoms with E-state index >= 15 is 0 Å². The van der Waals surface area contributed by atoms with Crippen molar-refractivity contribution in [2.75, 3.05) is 19.6 Å². The van der Waals surface area contributed by atoms with Crippen molar-refractivity contribution in [3.05, 3.63) is 54.6 Å². The van der Waals surface area contributed by atoms with Gasteiger partial charge < -0.3 is 4.90 Å². The van der Waals surface area contributed by atoms with Gasteiger partial charge in [-0.3, -0.25) is 10.0 Å². The second-order valence-electron chi connectivity index (χ2n) is 7.12. The normalized spacial score (nSPS) is 16.5. The van der Waals surface area contributed by atoms with E-state index in [2.05, 4.69) is 5.92 Å². The van der Waals surface area contributed by atoms with Crippen LogP contribution in [0, 0.1) is 12.3 Å². The van der Waals surface area contributed by atoms with Gasteiger partial charge in [0, 0.05) is 35.8 Å². The Kier molecular flexibility index (Phi) is 7.21.